The van der Waals surface area contributed by atoms with Gasteiger partial charge >= 0.3 is 12.0 Å². The summed E-state index contributed by atoms with van der Waals surface area (Å²) in [5.74, 6) is -1.27. The van der Waals surface area contributed by atoms with Gasteiger partial charge in [-0.25, -0.2) is 9.59 Å². The van der Waals surface area contributed by atoms with E-state index in [2.05, 4.69) is 21.2 Å². The third-order valence-electron chi connectivity index (χ3n) is 2.39. The fourth-order valence-electron chi connectivity index (χ4n) is 1.37. The van der Waals surface area contributed by atoms with Crippen molar-refractivity contribution in [1.29, 1.82) is 0 Å². The minimum absolute atomic E-state index is 0.369. The Kier molecular flexibility index (Phi) is 5.77. The fourth-order valence-corrected chi connectivity index (χ4v) is 2.88. The molecule has 0 aliphatic heterocycles. The number of nitrogens with zero attached hydrogens (tertiary/aromatic N) is 1. The van der Waals surface area contributed by atoms with Gasteiger partial charge in [-0.2, -0.15) is 0 Å². The number of aliphatic carboxylic acids is 1. The number of urea groups is 1. The van der Waals surface area contributed by atoms with Crippen molar-refractivity contribution in [2.24, 2.45) is 0 Å². The van der Waals surface area contributed by atoms with Gasteiger partial charge in [-0.05, 0) is 28.9 Å². The number of hydrogen-bond acceptors (Lipinski definition) is 4. The zero-order valence-corrected chi connectivity index (χ0v) is 12.9. The Bertz CT molecular complexity index is 463. The van der Waals surface area contributed by atoms with Crippen LogP contribution in [0.2, 0.25) is 0 Å². The number of carbonyl (C=O) groups excluding carboxylic acids is 1. The molecule has 0 bridgehead atoms. The van der Waals surface area contributed by atoms with E-state index in [1.54, 1.807) is 7.05 Å². The molecule has 8 heteroatoms. The minimum Gasteiger partial charge on any atom is -0.480 e. The molecule has 0 radical (unpaired) electrons. The molecule has 6 nitrogen and oxygen atoms in total. The van der Waals surface area contributed by atoms with E-state index in [0.717, 1.165) is 9.35 Å². The molecule has 0 saturated carbocycles. The first-order chi connectivity index (χ1) is 8.81. The molecule has 0 aliphatic rings. The number of carbonyl (C=O) groups is 2. The Morgan fingerprint density at radius 3 is 2.63 bits per heavy atom. The zero-order chi connectivity index (χ0) is 14.6. The summed E-state index contributed by atoms with van der Waals surface area (Å²) in [6.45, 7) is 1.68. The van der Waals surface area contributed by atoms with Gasteiger partial charge in [0.1, 0.15) is 0 Å². The number of nitrogens with one attached hydrogen (secondary N) is 1. The second-order valence-corrected chi connectivity index (χ2v) is 6.00. The Labute approximate surface area is 123 Å². The van der Waals surface area contributed by atoms with Gasteiger partial charge in [0.2, 0.25) is 0 Å². The lowest BCUT2D eigenvalue weighted by atomic mass is 10.2. The third kappa shape index (κ3) is 4.81. The summed E-state index contributed by atoms with van der Waals surface area (Å²) in [6, 6.07) is 0.0282. The average Bonchev–Trinajstić information content (AvgIpc) is 2.70. The maximum Gasteiger partial charge on any atom is 0.328 e. The van der Waals surface area contributed by atoms with Crippen LogP contribution in [0, 0.1) is 0 Å². The Morgan fingerprint density at radius 2 is 2.21 bits per heavy atom. The van der Waals surface area contributed by atoms with Crippen molar-refractivity contribution in [3.63, 3.8) is 0 Å². The molecule has 0 saturated heterocycles. The fraction of sp³-hybridized carbons (Fsp3) is 0.455. The number of carboxylic acids is 1. The molecule has 0 aliphatic carbocycles. The lowest BCUT2D eigenvalue weighted by Crippen LogP contribution is -2.51. The molecule has 0 spiro atoms. The molecule has 1 heterocycles. The maximum absolute atomic E-state index is 11.8. The Morgan fingerprint density at radius 1 is 1.58 bits per heavy atom. The van der Waals surface area contributed by atoms with Gasteiger partial charge in [-0.3, -0.25) is 0 Å². The van der Waals surface area contributed by atoms with Crippen LogP contribution in [0.3, 0.4) is 0 Å². The molecule has 106 valence electrons. The molecule has 0 aromatic carbocycles. The van der Waals surface area contributed by atoms with Gasteiger partial charge in [-0.1, -0.05) is 0 Å². The molecule has 0 unspecified atom stereocenters. The number of halogens is 1. The summed E-state index contributed by atoms with van der Waals surface area (Å²) < 4.78 is 0.939. The van der Waals surface area contributed by atoms with E-state index >= 15 is 0 Å². The molecule has 2 atom stereocenters. The van der Waals surface area contributed by atoms with Crippen LogP contribution in [0.1, 0.15) is 11.8 Å². The Hall–Kier alpha value is -1.12. The number of aliphatic hydroxyl groups is 1. The smallest absolute Gasteiger partial charge is 0.328 e. The second-order valence-electron chi connectivity index (χ2n) is 4.09. The van der Waals surface area contributed by atoms with Crippen molar-refractivity contribution in [2.45, 2.75) is 25.6 Å². The summed E-state index contributed by atoms with van der Waals surface area (Å²) in [4.78, 5) is 25.0. The van der Waals surface area contributed by atoms with Crippen molar-refractivity contribution in [2.75, 3.05) is 7.05 Å². The predicted molar refractivity (Wildman–Crippen MR) is 75.1 cm³/mol. The third-order valence-corrected chi connectivity index (χ3v) is 4.07. The normalized spacial score (nSPS) is 13.7. The van der Waals surface area contributed by atoms with Crippen molar-refractivity contribution in [3.05, 3.63) is 20.8 Å². The highest BCUT2D eigenvalue weighted by Crippen LogP contribution is 2.20. The van der Waals surface area contributed by atoms with Gasteiger partial charge < -0.3 is 20.4 Å². The molecular weight excluding hydrogens is 336 g/mol. The van der Waals surface area contributed by atoms with Crippen LogP contribution < -0.4 is 5.32 Å². The number of amides is 2. The SMILES string of the molecule is C[C@@H](O)[C@H](NC(=O)N(C)Cc1cc(Br)cs1)C(=O)O. The summed E-state index contributed by atoms with van der Waals surface area (Å²) in [6.07, 6.45) is -1.16. The topological polar surface area (TPSA) is 89.9 Å². The predicted octanol–water partition coefficient (Wildman–Crippen LogP) is 1.49. The van der Waals surface area contributed by atoms with Gasteiger partial charge in [-0.15, -0.1) is 11.3 Å². The molecule has 3 N–H and O–H groups in total. The first-order valence-corrected chi connectivity index (χ1v) is 7.14. The van der Waals surface area contributed by atoms with E-state index in [9.17, 15) is 14.7 Å². The van der Waals surface area contributed by atoms with Crippen molar-refractivity contribution < 1.29 is 19.8 Å². The second kappa shape index (κ2) is 6.88. The van der Waals surface area contributed by atoms with E-state index in [0.29, 0.717) is 6.54 Å². The van der Waals surface area contributed by atoms with E-state index in [1.165, 1.54) is 23.2 Å². The van der Waals surface area contributed by atoms with Gasteiger partial charge in [0, 0.05) is 21.8 Å². The summed E-state index contributed by atoms with van der Waals surface area (Å²) in [7, 11) is 1.56. The maximum atomic E-state index is 11.8. The van der Waals surface area contributed by atoms with Crippen LogP contribution in [-0.2, 0) is 11.3 Å². The van der Waals surface area contributed by atoms with Crippen molar-refractivity contribution in [3.8, 4) is 0 Å². The number of thiophene rings is 1. The number of carboxylic acid groups (broad SMARTS) is 1. The van der Waals surface area contributed by atoms with E-state index in [1.807, 2.05) is 11.4 Å². The number of aliphatic hydroxyl groups excluding tert-OH is 1. The molecule has 19 heavy (non-hydrogen) atoms. The molecule has 1 aromatic heterocycles. The lowest BCUT2D eigenvalue weighted by Gasteiger charge is -2.22. The molecule has 1 aromatic rings. The van der Waals surface area contributed by atoms with Gasteiger partial charge in [0.25, 0.3) is 0 Å². The van der Waals surface area contributed by atoms with Crippen LogP contribution in [0.15, 0.2) is 15.9 Å². The molecular formula is C11H15BrN2O4S. The van der Waals surface area contributed by atoms with Crippen LogP contribution in [-0.4, -0.2) is 46.3 Å². The largest absolute Gasteiger partial charge is 0.480 e. The quantitative estimate of drug-likeness (QED) is 0.750. The zero-order valence-electron chi connectivity index (χ0n) is 10.5. The van der Waals surface area contributed by atoms with E-state index in [-0.39, 0.29) is 0 Å². The van der Waals surface area contributed by atoms with E-state index in [4.69, 9.17) is 5.11 Å². The van der Waals surface area contributed by atoms with Gasteiger partial charge in [0.15, 0.2) is 6.04 Å². The highest BCUT2D eigenvalue weighted by molar-refractivity contribution is 9.10. The summed E-state index contributed by atoms with van der Waals surface area (Å²) in [5.41, 5.74) is 0. The number of rotatable bonds is 5. The van der Waals surface area contributed by atoms with Gasteiger partial charge in [0.05, 0.1) is 12.6 Å². The Balaban J connectivity index is 2.59. The molecule has 2 amide bonds. The van der Waals surface area contributed by atoms with Crippen molar-refractivity contribution >= 4 is 39.3 Å². The molecule has 1 rings (SSSR count). The minimum atomic E-state index is -1.31. The monoisotopic (exact) mass is 350 g/mol. The number of hydrogen-bond donors (Lipinski definition) is 3. The van der Waals surface area contributed by atoms with E-state index < -0.39 is 24.1 Å². The van der Waals surface area contributed by atoms with Crippen LogP contribution in [0.5, 0.6) is 0 Å². The van der Waals surface area contributed by atoms with Crippen LogP contribution in [0.25, 0.3) is 0 Å². The highest BCUT2D eigenvalue weighted by atomic mass is 79.9. The molecule has 0 fully saturated rings. The standard InChI is InChI=1S/C11H15BrN2O4S/c1-6(15)9(10(16)17)13-11(18)14(2)4-8-3-7(12)5-19-8/h3,5-6,9,15H,4H2,1-2H3,(H,13,18)(H,16,17)/t6-,9+/m1/s1. The average molecular weight is 351 g/mol. The summed E-state index contributed by atoms with van der Waals surface area (Å²) in [5, 5.41) is 22.3. The van der Waals surface area contributed by atoms with Crippen LogP contribution in [0.4, 0.5) is 4.79 Å². The first kappa shape index (κ1) is 15.9. The van der Waals surface area contributed by atoms with Crippen LogP contribution >= 0.6 is 27.3 Å². The summed E-state index contributed by atoms with van der Waals surface area (Å²) >= 11 is 4.81. The lowest BCUT2D eigenvalue weighted by molar-refractivity contribution is -0.141. The highest BCUT2D eigenvalue weighted by Gasteiger charge is 2.26. The van der Waals surface area contributed by atoms with Crippen molar-refractivity contribution in [1.82, 2.24) is 10.2 Å². The first-order valence-electron chi connectivity index (χ1n) is 5.46.